The molecule has 5 nitrogen and oxygen atoms in total. The van der Waals surface area contributed by atoms with E-state index in [0.29, 0.717) is 16.6 Å². The van der Waals surface area contributed by atoms with Gasteiger partial charge in [-0.05, 0) is 6.26 Å². The molecule has 1 aromatic heterocycles. The molecule has 2 heterocycles. The SMILES string of the molecule is CSC1=NC(=O)CC(c2cnccn2)=N1. The maximum absolute atomic E-state index is 11.3. The number of nitrogens with zero attached hydrogens (tertiary/aromatic N) is 4. The van der Waals surface area contributed by atoms with Gasteiger partial charge in [0, 0.05) is 12.4 Å². The van der Waals surface area contributed by atoms with E-state index in [4.69, 9.17) is 0 Å². The number of aliphatic imine (C=N–C) groups is 2. The largest absolute Gasteiger partial charge is 0.272 e. The smallest absolute Gasteiger partial charge is 0.254 e. The zero-order valence-electron chi connectivity index (χ0n) is 8.04. The highest BCUT2D eigenvalue weighted by atomic mass is 32.2. The summed E-state index contributed by atoms with van der Waals surface area (Å²) in [6.45, 7) is 0. The molecule has 1 aromatic rings. The summed E-state index contributed by atoms with van der Waals surface area (Å²) in [5.74, 6) is -0.185. The van der Waals surface area contributed by atoms with Crippen LogP contribution in [0, 0.1) is 0 Å². The first-order valence-corrected chi connectivity index (χ1v) is 5.51. The van der Waals surface area contributed by atoms with Gasteiger partial charge in [-0.15, -0.1) is 0 Å². The maximum atomic E-state index is 11.3. The first-order chi connectivity index (χ1) is 7.29. The Kier molecular flexibility index (Phi) is 2.86. The number of aromatic nitrogens is 2. The molecule has 0 radical (unpaired) electrons. The van der Waals surface area contributed by atoms with Gasteiger partial charge in [0.05, 0.1) is 18.3 Å². The highest BCUT2D eigenvalue weighted by Gasteiger charge is 2.17. The summed E-state index contributed by atoms with van der Waals surface area (Å²) in [5.41, 5.74) is 1.26. The van der Waals surface area contributed by atoms with Crippen molar-refractivity contribution in [3.05, 3.63) is 24.3 Å². The lowest BCUT2D eigenvalue weighted by atomic mass is 10.2. The Morgan fingerprint density at radius 3 is 2.87 bits per heavy atom. The fraction of sp³-hybridized carbons (Fsp3) is 0.222. The minimum atomic E-state index is -0.185. The molecule has 1 aliphatic heterocycles. The minimum Gasteiger partial charge on any atom is -0.272 e. The third kappa shape index (κ3) is 2.27. The standard InChI is InChI=1S/C9H8N4OS/c1-15-9-12-6(4-8(14)13-9)7-5-10-2-3-11-7/h2-3,5H,4H2,1H3. The number of hydrogen-bond donors (Lipinski definition) is 0. The lowest BCUT2D eigenvalue weighted by molar-refractivity contribution is -0.116. The summed E-state index contributed by atoms with van der Waals surface area (Å²) in [5, 5.41) is 0.479. The van der Waals surface area contributed by atoms with Crippen LogP contribution in [0.25, 0.3) is 0 Å². The van der Waals surface area contributed by atoms with Crippen molar-refractivity contribution >= 4 is 28.5 Å². The molecule has 0 unspecified atom stereocenters. The molecular formula is C9H8N4OS. The Hall–Kier alpha value is -1.56. The monoisotopic (exact) mass is 220 g/mol. The van der Waals surface area contributed by atoms with Crippen molar-refractivity contribution in [1.82, 2.24) is 9.97 Å². The zero-order valence-corrected chi connectivity index (χ0v) is 8.86. The van der Waals surface area contributed by atoms with Crippen molar-refractivity contribution in [2.24, 2.45) is 9.98 Å². The van der Waals surface area contributed by atoms with Gasteiger partial charge in [0.15, 0.2) is 5.17 Å². The van der Waals surface area contributed by atoms with Crippen LogP contribution in [0.5, 0.6) is 0 Å². The van der Waals surface area contributed by atoms with E-state index in [-0.39, 0.29) is 12.3 Å². The van der Waals surface area contributed by atoms with Crippen molar-refractivity contribution in [2.45, 2.75) is 6.42 Å². The van der Waals surface area contributed by atoms with Crippen LogP contribution in [-0.4, -0.2) is 33.0 Å². The number of amidine groups is 1. The van der Waals surface area contributed by atoms with Gasteiger partial charge in [-0.2, -0.15) is 4.99 Å². The van der Waals surface area contributed by atoms with Crippen molar-refractivity contribution in [3.8, 4) is 0 Å². The summed E-state index contributed by atoms with van der Waals surface area (Å²) in [4.78, 5) is 27.3. The number of carbonyl (C=O) groups is 1. The van der Waals surface area contributed by atoms with Crippen LogP contribution in [0.15, 0.2) is 28.6 Å². The topological polar surface area (TPSA) is 67.6 Å². The second-order valence-corrected chi connectivity index (χ2v) is 3.59. The third-order valence-corrected chi connectivity index (χ3v) is 2.36. The minimum absolute atomic E-state index is 0.185. The molecule has 76 valence electrons. The van der Waals surface area contributed by atoms with Crippen LogP contribution in [0.2, 0.25) is 0 Å². The van der Waals surface area contributed by atoms with Crippen molar-refractivity contribution < 1.29 is 4.79 Å². The maximum Gasteiger partial charge on any atom is 0.254 e. The van der Waals surface area contributed by atoms with E-state index in [0.717, 1.165) is 0 Å². The Bertz CT molecular complexity index is 441. The van der Waals surface area contributed by atoms with Crippen LogP contribution in [-0.2, 0) is 4.79 Å². The number of carbonyl (C=O) groups excluding carboxylic acids is 1. The van der Waals surface area contributed by atoms with E-state index in [1.165, 1.54) is 11.8 Å². The summed E-state index contributed by atoms with van der Waals surface area (Å²) < 4.78 is 0. The first-order valence-electron chi connectivity index (χ1n) is 4.29. The third-order valence-electron chi connectivity index (χ3n) is 1.81. The van der Waals surface area contributed by atoms with Crippen molar-refractivity contribution in [2.75, 3.05) is 6.26 Å². The van der Waals surface area contributed by atoms with E-state index >= 15 is 0 Å². The quantitative estimate of drug-likeness (QED) is 0.705. The Balaban J connectivity index is 2.35. The lowest BCUT2D eigenvalue weighted by Gasteiger charge is -2.08. The zero-order chi connectivity index (χ0) is 10.7. The highest BCUT2D eigenvalue weighted by Crippen LogP contribution is 2.12. The molecule has 15 heavy (non-hydrogen) atoms. The molecule has 0 saturated heterocycles. The fourth-order valence-corrected chi connectivity index (χ4v) is 1.55. The Morgan fingerprint density at radius 2 is 2.20 bits per heavy atom. The molecular weight excluding hydrogens is 212 g/mol. The lowest BCUT2D eigenvalue weighted by Crippen LogP contribution is -2.16. The van der Waals surface area contributed by atoms with Gasteiger partial charge in [0.25, 0.3) is 5.91 Å². The van der Waals surface area contributed by atoms with Crippen LogP contribution in [0.1, 0.15) is 12.1 Å². The van der Waals surface area contributed by atoms with Gasteiger partial charge in [-0.1, -0.05) is 11.8 Å². The molecule has 0 aliphatic carbocycles. The molecule has 6 heteroatoms. The second-order valence-electron chi connectivity index (χ2n) is 2.82. The van der Waals surface area contributed by atoms with E-state index in [9.17, 15) is 4.79 Å². The molecule has 1 aliphatic rings. The van der Waals surface area contributed by atoms with Gasteiger partial charge in [0.1, 0.15) is 5.69 Å². The average molecular weight is 220 g/mol. The summed E-state index contributed by atoms with van der Waals surface area (Å²) >= 11 is 1.34. The summed E-state index contributed by atoms with van der Waals surface area (Å²) in [6, 6.07) is 0. The summed E-state index contributed by atoms with van der Waals surface area (Å²) in [6.07, 6.45) is 6.78. The van der Waals surface area contributed by atoms with E-state index in [1.807, 2.05) is 6.26 Å². The molecule has 1 amide bonds. The number of thioether (sulfide) groups is 1. The Morgan fingerprint density at radius 1 is 1.33 bits per heavy atom. The average Bonchev–Trinajstić information content (AvgIpc) is 2.29. The molecule has 0 spiro atoms. The Labute approximate surface area is 90.8 Å². The fourth-order valence-electron chi connectivity index (χ4n) is 1.16. The predicted octanol–water partition coefficient (Wildman–Crippen LogP) is 0.915. The van der Waals surface area contributed by atoms with Gasteiger partial charge >= 0.3 is 0 Å². The normalized spacial score (nSPS) is 15.9. The molecule has 2 rings (SSSR count). The van der Waals surface area contributed by atoms with Gasteiger partial charge in [-0.3, -0.25) is 14.8 Å². The molecule has 0 aromatic carbocycles. The summed E-state index contributed by atoms with van der Waals surface area (Å²) in [7, 11) is 0. The van der Waals surface area contributed by atoms with Gasteiger partial charge < -0.3 is 0 Å². The van der Waals surface area contributed by atoms with E-state index in [1.54, 1.807) is 18.6 Å². The van der Waals surface area contributed by atoms with Gasteiger partial charge in [0.2, 0.25) is 0 Å². The highest BCUT2D eigenvalue weighted by molar-refractivity contribution is 8.13. The molecule has 0 atom stereocenters. The van der Waals surface area contributed by atoms with Crippen LogP contribution in [0.4, 0.5) is 0 Å². The molecule has 0 saturated carbocycles. The molecule has 0 fully saturated rings. The van der Waals surface area contributed by atoms with Gasteiger partial charge in [-0.25, -0.2) is 4.99 Å². The predicted molar refractivity (Wildman–Crippen MR) is 59.1 cm³/mol. The van der Waals surface area contributed by atoms with Crippen molar-refractivity contribution in [1.29, 1.82) is 0 Å². The number of rotatable bonds is 1. The number of hydrogen-bond acceptors (Lipinski definition) is 5. The van der Waals surface area contributed by atoms with Crippen LogP contribution < -0.4 is 0 Å². The second kappa shape index (κ2) is 4.31. The molecule has 0 bridgehead atoms. The van der Waals surface area contributed by atoms with E-state index < -0.39 is 0 Å². The van der Waals surface area contributed by atoms with Crippen LogP contribution in [0.3, 0.4) is 0 Å². The number of amides is 1. The van der Waals surface area contributed by atoms with E-state index in [2.05, 4.69) is 20.0 Å². The first kappa shape index (κ1) is 9.97. The molecule has 0 N–H and O–H groups in total. The van der Waals surface area contributed by atoms with Crippen molar-refractivity contribution in [3.63, 3.8) is 0 Å². The van der Waals surface area contributed by atoms with Crippen LogP contribution >= 0.6 is 11.8 Å².